The predicted octanol–water partition coefficient (Wildman–Crippen LogP) is 3.08. The van der Waals surface area contributed by atoms with Crippen LogP contribution in [-0.2, 0) is 6.54 Å². The molecule has 0 amide bonds. The second-order valence-corrected chi connectivity index (χ2v) is 3.61. The summed E-state index contributed by atoms with van der Waals surface area (Å²) in [6.07, 6.45) is 0. The third-order valence-electron chi connectivity index (χ3n) is 1.36. The molecular weight excluding hydrogens is 172 g/mol. The van der Waals surface area contributed by atoms with Gasteiger partial charge in [0.05, 0.1) is 17.2 Å². The highest BCUT2D eigenvalue weighted by atomic mass is 32.1. The molecule has 0 N–H and O–H groups in total. The summed E-state index contributed by atoms with van der Waals surface area (Å²) in [6, 6.07) is 0. The first-order valence-corrected chi connectivity index (χ1v) is 4.57. The SMILES string of the molecule is CC(C)c1nc(CN=[N+]=[N-])cs1. The van der Waals surface area contributed by atoms with Crippen LogP contribution in [0.5, 0.6) is 0 Å². The summed E-state index contributed by atoms with van der Waals surface area (Å²) in [5.41, 5.74) is 8.94. The molecule has 0 saturated carbocycles. The third kappa shape index (κ3) is 2.22. The molecule has 1 rings (SSSR count). The molecule has 0 aliphatic carbocycles. The van der Waals surface area contributed by atoms with Gasteiger partial charge < -0.3 is 0 Å². The largest absolute Gasteiger partial charge is 0.246 e. The molecule has 0 fully saturated rings. The lowest BCUT2D eigenvalue weighted by Gasteiger charge is -1.95. The molecule has 5 heteroatoms. The zero-order valence-electron chi connectivity index (χ0n) is 7.06. The molecule has 0 aliphatic heterocycles. The lowest BCUT2D eigenvalue weighted by Crippen LogP contribution is -1.86. The van der Waals surface area contributed by atoms with Crippen molar-refractivity contribution in [3.63, 3.8) is 0 Å². The Kier molecular flexibility index (Phi) is 3.08. The first kappa shape index (κ1) is 9.03. The minimum absolute atomic E-state index is 0.361. The molecule has 0 bridgehead atoms. The van der Waals surface area contributed by atoms with E-state index in [1.54, 1.807) is 11.3 Å². The highest BCUT2D eigenvalue weighted by molar-refractivity contribution is 7.09. The van der Waals surface area contributed by atoms with E-state index in [4.69, 9.17) is 5.53 Å². The fraction of sp³-hybridized carbons (Fsp3) is 0.571. The van der Waals surface area contributed by atoms with E-state index in [1.807, 2.05) is 5.38 Å². The molecule has 64 valence electrons. The van der Waals surface area contributed by atoms with Crippen LogP contribution in [-0.4, -0.2) is 4.98 Å². The Morgan fingerprint density at radius 1 is 1.75 bits per heavy atom. The van der Waals surface area contributed by atoms with Gasteiger partial charge in [-0.25, -0.2) is 4.98 Å². The summed E-state index contributed by atoms with van der Waals surface area (Å²) in [5.74, 6) is 0.454. The molecule has 1 heterocycles. The summed E-state index contributed by atoms with van der Waals surface area (Å²) < 4.78 is 0. The minimum atomic E-state index is 0.361. The van der Waals surface area contributed by atoms with Gasteiger partial charge in [0.25, 0.3) is 0 Å². The Morgan fingerprint density at radius 3 is 3.00 bits per heavy atom. The number of azide groups is 1. The van der Waals surface area contributed by atoms with Crippen LogP contribution in [0.3, 0.4) is 0 Å². The smallest absolute Gasteiger partial charge is 0.0953 e. The Morgan fingerprint density at radius 2 is 2.50 bits per heavy atom. The first-order valence-electron chi connectivity index (χ1n) is 3.69. The van der Waals surface area contributed by atoms with Gasteiger partial charge in [-0.15, -0.1) is 11.3 Å². The van der Waals surface area contributed by atoms with Gasteiger partial charge in [0.15, 0.2) is 0 Å². The highest BCUT2D eigenvalue weighted by Crippen LogP contribution is 2.19. The summed E-state index contributed by atoms with van der Waals surface area (Å²) in [4.78, 5) is 6.98. The number of thiazole rings is 1. The van der Waals surface area contributed by atoms with E-state index in [1.165, 1.54) is 0 Å². The van der Waals surface area contributed by atoms with Gasteiger partial charge in [0.1, 0.15) is 0 Å². The average molecular weight is 182 g/mol. The standard InChI is InChI=1S/C7H10N4S/c1-5(2)7-10-6(4-12-7)3-9-11-8/h4-5H,3H2,1-2H3. The summed E-state index contributed by atoms with van der Waals surface area (Å²) in [7, 11) is 0. The van der Waals surface area contributed by atoms with Gasteiger partial charge in [-0.05, 0) is 5.53 Å². The number of aromatic nitrogens is 1. The van der Waals surface area contributed by atoms with Crippen LogP contribution in [0.1, 0.15) is 30.5 Å². The van der Waals surface area contributed by atoms with Gasteiger partial charge in [0, 0.05) is 16.2 Å². The van der Waals surface area contributed by atoms with Crippen LogP contribution in [0.2, 0.25) is 0 Å². The van der Waals surface area contributed by atoms with Crippen molar-refractivity contribution in [1.29, 1.82) is 0 Å². The summed E-state index contributed by atoms with van der Waals surface area (Å²) in [5, 5.41) is 6.47. The Balaban J connectivity index is 2.70. The van der Waals surface area contributed by atoms with Gasteiger partial charge in [0.2, 0.25) is 0 Å². The molecule has 0 aliphatic rings. The van der Waals surface area contributed by atoms with Crippen molar-refractivity contribution in [3.8, 4) is 0 Å². The fourth-order valence-electron chi connectivity index (χ4n) is 0.765. The molecule has 1 aromatic rings. The maximum atomic E-state index is 8.08. The third-order valence-corrected chi connectivity index (χ3v) is 2.55. The topological polar surface area (TPSA) is 61.7 Å². The lowest BCUT2D eigenvalue weighted by atomic mass is 10.2. The molecule has 0 radical (unpaired) electrons. The molecule has 0 spiro atoms. The second-order valence-electron chi connectivity index (χ2n) is 2.72. The number of hydrogen-bond acceptors (Lipinski definition) is 3. The molecule has 0 aromatic carbocycles. The normalized spacial score (nSPS) is 9.92. The Labute approximate surface area is 74.9 Å². The second kappa shape index (κ2) is 4.09. The fourth-order valence-corrected chi connectivity index (χ4v) is 1.59. The number of nitrogens with zero attached hydrogens (tertiary/aromatic N) is 4. The molecule has 1 aromatic heterocycles. The molecular formula is C7H10N4S. The quantitative estimate of drug-likeness (QED) is 0.402. The zero-order valence-corrected chi connectivity index (χ0v) is 7.88. The van der Waals surface area contributed by atoms with Crippen molar-refractivity contribution in [2.45, 2.75) is 26.3 Å². The van der Waals surface area contributed by atoms with E-state index in [0.29, 0.717) is 12.5 Å². The van der Waals surface area contributed by atoms with Crippen molar-refractivity contribution in [2.75, 3.05) is 0 Å². The van der Waals surface area contributed by atoms with Crippen molar-refractivity contribution >= 4 is 11.3 Å². The summed E-state index contributed by atoms with van der Waals surface area (Å²) in [6.45, 7) is 4.55. The zero-order chi connectivity index (χ0) is 8.97. The first-order chi connectivity index (χ1) is 5.74. The van der Waals surface area contributed by atoms with E-state index < -0.39 is 0 Å². The van der Waals surface area contributed by atoms with Crippen LogP contribution in [0, 0.1) is 0 Å². The maximum Gasteiger partial charge on any atom is 0.0953 e. The molecule has 12 heavy (non-hydrogen) atoms. The van der Waals surface area contributed by atoms with E-state index in [0.717, 1.165) is 10.7 Å². The van der Waals surface area contributed by atoms with Crippen molar-refractivity contribution in [2.24, 2.45) is 5.11 Å². The van der Waals surface area contributed by atoms with Crippen molar-refractivity contribution in [3.05, 3.63) is 26.5 Å². The van der Waals surface area contributed by atoms with Crippen LogP contribution in [0.15, 0.2) is 10.5 Å². The van der Waals surface area contributed by atoms with Crippen LogP contribution in [0.4, 0.5) is 0 Å². The molecule has 0 saturated heterocycles. The molecule has 0 unspecified atom stereocenters. The lowest BCUT2D eigenvalue weighted by molar-refractivity contribution is 0.836. The van der Waals surface area contributed by atoms with E-state index in [9.17, 15) is 0 Å². The molecule has 0 atom stereocenters. The summed E-state index contributed by atoms with van der Waals surface area (Å²) >= 11 is 1.61. The maximum absolute atomic E-state index is 8.08. The number of rotatable bonds is 3. The van der Waals surface area contributed by atoms with Crippen LogP contribution < -0.4 is 0 Å². The number of hydrogen-bond donors (Lipinski definition) is 0. The average Bonchev–Trinajstić information content (AvgIpc) is 2.48. The van der Waals surface area contributed by atoms with Crippen molar-refractivity contribution in [1.82, 2.24) is 4.98 Å². The monoisotopic (exact) mass is 182 g/mol. The van der Waals surface area contributed by atoms with Gasteiger partial charge in [-0.3, -0.25) is 0 Å². The Bertz CT molecular complexity index is 298. The van der Waals surface area contributed by atoms with Gasteiger partial charge in [-0.2, -0.15) is 0 Å². The molecule has 4 nitrogen and oxygen atoms in total. The minimum Gasteiger partial charge on any atom is -0.246 e. The van der Waals surface area contributed by atoms with Gasteiger partial charge >= 0.3 is 0 Å². The highest BCUT2D eigenvalue weighted by Gasteiger charge is 2.03. The van der Waals surface area contributed by atoms with Crippen LogP contribution in [0.25, 0.3) is 10.4 Å². The van der Waals surface area contributed by atoms with E-state index in [-0.39, 0.29) is 0 Å². The van der Waals surface area contributed by atoms with E-state index in [2.05, 4.69) is 28.9 Å². The Hall–Kier alpha value is -1.06. The predicted molar refractivity (Wildman–Crippen MR) is 49.1 cm³/mol. The van der Waals surface area contributed by atoms with Gasteiger partial charge in [-0.1, -0.05) is 19.0 Å². The van der Waals surface area contributed by atoms with E-state index >= 15 is 0 Å². The van der Waals surface area contributed by atoms with Crippen LogP contribution >= 0.6 is 11.3 Å². The van der Waals surface area contributed by atoms with Crippen molar-refractivity contribution < 1.29 is 0 Å².